The summed E-state index contributed by atoms with van der Waals surface area (Å²) in [7, 11) is 1.58. The molecule has 0 unspecified atom stereocenters. The topological polar surface area (TPSA) is 49.3 Å². The second kappa shape index (κ2) is 15.9. The lowest BCUT2D eigenvalue weighted by Gasteiger charge is -2.14. The number of unbranched alkanes of at least 4 members (excludes halogenated alkanes) is 2. The maximum absolute atomic E-state index is 6.06. The molecule has 0 spiro atoms. The van der Waals surface area contributed by atoms with Gasteiger partial charge in [-0.25, -0.2) is 0 Å². The molecule has 0 saturated carbocycles. The van der Waals surface area contributed by atoms with Crippen LogP contribution >= 0.6 is 0 Å². The average Bonchev–Trinajstić information content (AvgIpc) is 2.82. The summed E-state index contributed by atoms with van der Waals surface area (Å²) in [6.07, 6.45) is 9.00. The Morgan fingerprint density at radius 3 is 2.26 bits per heavy atom. The van der Waals surface area contributed by atoms with E-state index in [1.807, 2.05) is 38.1 Å². The summed E-state index contributed by atoms with van der Waals surface area (Å²) in [6.45, 7) is 10.9. The van der Waals surface area contributed by atoms with Gasteiger partial charge in [-0.15, -0.1) is 0 Å². The van der Waals surface area contributed by atoms with E-state index in [4.69, 9.17) is 19.0 Å². The fourth-order valence-electron chi connectivity index (χ4n) is 3.64. The van der Waals surface area contributed by atoms with E-state index >= 15 is 0 Å². The Labute approximate surface area is 205 Å². The van der Waals surface area contributed by atoms with Gasteiger partial charge in [0, 0.05) is 6.61 Å². The first-order chi connectivity index (χ1) is 16.5. The van der Waals surface area contributed by atoms with Crippen LogP contribution in [0.4, 0.5) is 0 Å². The smallest absolute Gasteiger partial charge is 0.125 e. The minimum atomic E-state index is 0.591. The van der Waals surface area contributed by atoms with E-state index in [2.05, 4.69) is 43.3 Å². The third-order valence-electron chi connectivity index (χ3n) is 5.51. The van der Waals surface area contributed by atoms with Crippen LogP contribution in [0.2, 0.25) is 0 Å². The summed E-state index contributed by atoms with van der Waals surface area (Å²) < 4.78 is 17.7. The maximum Gasteiger partial charge on any atom is 0.125 e. The lowest BCUT2D eigenvalue weighted by Crippen LogP contribution is -2.03. The molecule has 186 valence electrons. The van der Waals surface area contributed by atoms with Crippen LogP contribution in [0.3, 0.4) is 0 Å². The molecule has 5 nitrogen and oxygen atoms in total. The first kappa shape index (κ1) is 27.5. The Bertz CT molecular complexity index is 880. The minimum Gasteiger partial charge on any atom is -0.493 e. The van der Waals surface area contributed by atoms with Gasteiger partial charge in [0.25, 0.3) is 0 Å². The van der Waals surface area contributed by atoms with Gasteiger partial charge in [-0.2, -0.15) is 0 Å². The van der Waals surface area contributed by atoms with Gasteiger partial charge in [0.1, 0.15) is 25.2 Å². The van der Waals surface area contributed by atoms with Crippen LogP contribution in [0.25, 0.3) is 0 Å². The van der Waals surface area contributed by atoms with Gasteiger partial charge < -0.3 is 19.0 Å². The summed E-state index contributed by atoms with van der Waals surface area (Å²) in [4.78, 5) is 4.80. The van der Waals surface area contributed by atoms with Crippen molar-refractivity contribution in [1.82, 2.24) is 0 Å². The van der Waals surface area contributed by atoms with Crippen molar-refractivity contribution in [2.75, 3.05) is 26.9 Å². The highest BCUT2D eigenvalue weighted by molar-refractivity contribution is 5.81. The lowest BCUT2D eigenvalue weighted by atomic mass is 10.1. The molecule has 0 aromatic heterocycles. The van der Waals surface area contributed by atoms with Gasteiger partial charge in [0.2, 0.25) is 0 Å². The Balaban J connectivity index is 1.58. The predicted octanol–water partition coefficient (Wildman–Crippen LogP) is 6.98. The van der Waals surface area contributed by atoms with Gasteiger partial charge >= 0.3 is 0 Å². The summed E-state index contributed by atoms with van der Waals surface area (Å²) in [5.41, 5.74) is 5.74. The summed E-state index contributed by atoms with van der Waals surface area (Å²) >= 11 is 0. The molecule has 2 aromatic rings. The zero-order valence-corrected chi connectivity index (χ0v) is 21.6. The number of ether oxygens (including phenoxy) is 3. The van der Waals surface area contributed by atoms with Crippen LogP contribution < -0.4 is 9.47 Å². The van der Waals surface area contributed by atoms with Crippen molar-refractivity contribution in [3.05, 3.63) is 70.8 Å². The molecule has 0 aliphatic rings. The zero-order valence-electron chi connectivity index (χ0n) is 21.6. The molecule has 34 heavy (non-hydrogen) atoms. The Hall–Kier alpha value is -2.79. The van der Waals surface area contributed by atoms with Gasteiger partial charge in [-0.1, -0.05) is 41.6 Å². The van der Waals surface area contributed by atoms with Gasteiger partial charge in [-0.05, 0) is 94.2 Å². The maximum atomic E-state index is 6.06. The molecule has 5 heteroatoms. The number of nitrogens with zero attached hydrogens (tertiary/aromatic N) is 1. The predicted molar refractivity (Wildman–Crippen MR) is 140 cm³/mol. The second-order valence-corrected chi connectivity index (χ2v) is 8.55. The van der Waals surface area contributed by atoms with Crippen LogP contribution in [0.5, 0.6) is 11.5 Å². The van der Waals surface area contributed by atoms with Crippen molar-refractivity contribution >= 4 is 5.71 Å². The molecule has 0 saturated heterocycles. The van der Waals surface area contributed by atoms with Crippen molar-refractivity contribution in [3.8, 4) is 11.5 Å². The number of hydrogen-bond donors (Lipinski definition) is 0. The van der Waals surface area contributed by atoms with E-state index in [1.54, 1.807) is 7.11 Å². The number of allylic oxidation sites excluding steroid dienone is 1. The quantitative estimate of drug-likeness (QED) is 0.116. The van der Waals surface area contributed by atoms with Crippen LogP contribution in [0, 0.1) is 13.8 Å². The SMILES string of the molecule is C/C=C/COc1cc(C)c(OCCCCCOCc2ccc(CC/C(C)=N/OC)cc2)c(C)c1. The molecular weight excluding hydrogens is 426 g/mol. The largest absolute Gasteiger partial charge is 0.493 e. The highest BCUT2D eigenvalue weighted by Crippen LogP contribution is 2.28. The van der Waals surface area contributed by atoms with Gasteiger partial charge in [0.15, 0.2) is 0 Å². The third kappa shape index (κ3) is 10.4. The molecule has 0 N–H and O–H groups in total. The normalized spacial score (nSPS) is 11.7. The first-order valence-electron chi connectivity index (χ1n) is 12.2. The number of benzene rings is 2. The molecule has 0 heterocycles. The van der Waals surface area contributed by atoms with E-state index in [-0.39, 0.29) is 0 Å². The molecule has 0 aliphatic carbocycles. The van der Waals surface area contributed by atoms with Crippen molar-refractivity contribution < 1.29 is 19.0 Å². The molecule has 2 rings (SSSR count). The third-order valence-corrected chi connectivity index (χ3v) is 5.51. The monoisotopic (exact) mass is 467 g/mol. The molecule has 0 atom stereocenters. The van der Waals surface area contributed by atoms with Crippen LogP contribution in [0.15, 0.2) is 53.7 Å². The second-order valence-electron chi connectivity index (χ2n) is 8.55. The summed E-state index contributed by atoms with van der Waals surface area (Å²) in [6, 6.07) is 12.7. The highest BCUT2D eigenvalue weighted by Gasteiger charge is 2.07. The van der Waals surface area contributed by atoms with Crippen molar-refractivity contribution in [2.24, 2.45) is 5.16 Å². The highest BCUT2D eigenvalue weighted by atomic mass is 16.6. The average molecular weight is 468 g/mol. The molecule has 0 aliphatic heterocycles. The van der Waals surface area contributed by atoms with E-state index in [9.17, 15) is 0 Å². The number of hydrogen-bond acceptors (Lipinski definition) is 5. The molecule has 0 fully saturated rings. The van der Waals surface area contributed by atoms with Crippen molar-refractivity contribution in [2.45, 2.75) is 66.4 Å². The van der Waals surface area contributed by atoms with Gasteiger partial charge in [0.05, 0.1) is 18.9 Å². The zero-order chi connectivity index (χ0) is 24.6. The molecule has 2 aromatic carbocycles. The fraction of sp³-hybridized carbons (Fsp3) is 0.483. The van der Waals surface area contributed by atoms with E-state index in [1.165, 1.54) is 11.1 Å². The van der Waals surface area contributed by atoms with E-state index in [0.29, 0.717) is 13.2 Å². The van der Waals surface area contributed by atoms with Crippen LogP contribution in [0.1, 0.15) is 61.8 Å². The summed E-state index contributed by atoms with van der Waals surface area (Å²) in [5.74, 6) is 1.86. The first-order valence-corrected chi connectivity index (χ1v) is 12.2. The Morgan fingerprint density at radius 1 is 0.912 bits per heavy atom. The number of oxime groups is 1. The van der Waals surface area contributed by atoms with Crippen LogP contribution in [-0.4, -0.2) is 32.6 Å². The van der Waals surface area contributed by atoms with Crippen molar-refractivity contribution in [3.63, 3.8) is 0 Å². The lowest BCUT2D eigenvalue weighted by molar-refractivity contribution is 0.116. The molecule has 0 bridgehead atoms. The van der Waals surface area contributed by atoms with E-state index in [0.717, 1.165) is 73.7 Å². The van der Waals surface area contributed by atoms with Crippen molar-refractivity contribution in [1.29, 1.82) is 0 Å². The van der Waals surface area contributed by atoms with Crippen LogP contribution in [-0.2, 0) is 22.6 Å². The fourth-order valence-corrected chi connectivity index (χ4v) is 3.64. The minimum absolute atomic E-state index is 0.591. The molecule has 0 radical (unpaired) electrons. The number of aryl methyl sites for hydroxylation is 3. The number of rotatable bonds is 16. The Kier molecular flexibility index (Phi) is 12.9. The summed E-state index contributed by atoms with van der Waals surface area (Å²) in [5, 5.41) is 3.95. The molecule has 0 amide bonds. The Morgan fingerprint density at radius 2 is 1.59 bits per heavy atom. The molecular formula is C29H41NO4. The van der Waals surface area contributed by atoms with Gasteiger partial charge in [-0.3, -0.25) is 0 Å². The standard InChI is InChI=1S/C29H41NO4/c1-6-7-18-33-28-20-23(2)29(24(3)21-28)34-19-10-8-9-17-32-22-27-15-13-26(14-16-27)12-11-25(4)30-31-5/h6-7,13-16,20-21H,8-12,17-19,22H2,1-5H3/b7-6+,30-25+. The van der Waals surface area contributed by atoms with E-state index < -0.39 is 0 Å².